The zero-order valence-electron chi connectivity index (χ0n) is 12.4. The molecule has 0 bridgehead atoms. The Kier molecular flexibility index (Phi) is 4.11. The van der Waals surface area contributed by atoms with Crippen LogP contribution in [0, 0.1) is 5.82 Å². The minimum atomic E-state index is -0.675. The number of aryl methyl sites for hydroxylation is 1. The number of rotatable bonds is 4. The van der Waals surface area contributed by atoms with Gasteiger partial charge < -0.3 is 10.2 Å². The average molecular weight is 305 g/mol. The molecule has 3 amide bonds. The number of amides is 3. The van der Waals surface area contributed by atoms with Gasteiger partial charge in [0.15, 0.2) is 0 Å². The number of piperidine rings is 1. The lowest BCUT2D eigenvalue weighted by Gasteiger charge is -2.38. The van der Waals surface area contributed by atoms with Gasteiger partial charge in [0.05, 0.1) is 0 Å². The van der Waals surface area contributed by atoms with Crippen molar-refractivity contribution < 1.29 is 14.0 Å². The molecule has 0 atom stereocenters. The molecule has 1 aromatic carbocycles. The van der Waals surface area contributed by atoms with Gasteiger partial charge in [-0.1, -0.05) is 12.1 Å². The SMILES string of the molecule is O=C1NC(=O)C2(CCNCC2)N1CCCc1ccc(F)cc1. The molecule has 0 unspecified atom stereocenters. The largest absolute Gasteiger partial charge is 0.325 e. The van der Waals surface area contributed by atoms with Gasteiger partial charge in [-0.25, -0.2) is 9.18 Å². The lowest BCUT2D eigenvalue weighted by atomic mass is 9.87. The van der Waals surface area contributed by atoms with Crippen molar-refractivity contribution >= 4 is 11.9 Å². The first-order chi connectivity index (χ1) is 10.6. The van der Waals surface area contributed by atoms with E-state index >= 15 is 0 Å². The van der Waals surface area contributed by atoms with Crippen LogP contribution in [0.15, 0.2) is 24.3 Å². The average Bonchev–Trinajstić information content (AvgIpc) is 2.74. The van der Waals surface area contributed by atoms with E-state index in [1.807, 2.05) is 0 Å². The first-order valence-electron chi connectivity index (χ1n) is 7.70. The van der Waals surface area contributed by atoms with E-state index in [1.165, 1.54) is 12.1 Å². The summed E-state index contributed by atoms with van der Waals surface area (Å²) in [4.78, 5) is 26.0. The Balaban J connectivity index is 1.63. The minimum absolute atomic E-state index is 0.166. The van der Waals surface area contributed by atoms with E-state index in [4.69, 9.17) is 0 Å². The predicted octanol–water partition coefficient (Wildman–Crippen LogP) is 1.43. The molecule has 0 aromatic heterocycles. The number of hydrogen-bond donors (Lipinski definition) is 2. The lowest BCUT2D eigenvalue weighted by Crippen LogP contribution is -2.55. The summed E-state index contributed by atoms with van der Waals surface area (Å²) in [5.74, 6) is -0.414. The fraction of sp³-hybridized carbons (Fsp3) is 0.500. The second kappa shape index (κ2) is 6.04. The number of imide groups is 1. The van der Waals surface area contributed by atoms with Crippen LogP contribution in [0.4, 0.5) is 9.18 Å². The molecule has 5 nitrogen and oxygen atoms in total. The summed E-state index contributed by atoms with van der Waals surface area (Å²) in [6.07, 6.45) is 2.82. The Morgan fingerprint density at radius 2 is 1.82 bits per heavy atom. The molecule has 2 aliphatic heterocycles. The normalized spacial score (nSPS) is 20.5. The molecule has 1 aromatic rings. The van der Waals surface area contributed by atoms with Crippen molar-refractivity contribution in [2.75, 3.05) is 19.6 Å². The van der Waals surface area contributed by atoms with Gasteiger partial charge >= 0.3 is 6.03 Å². The van der Waals surface area contributed by atoms with E-state index in [-0.39, 0.29) is 17.8 Å². The Bertz CT molecular complexity index is 567. The Labute approximate surface area is 128 Å². The van der Waals surface area contributed by atoms with Gasteiger partial charge in [-0.3, -0.25) is 10.1 Å². The zero-order valence-corrected chi connectivity index (χ0v) is 12.4. The molecule has 22 heavy (non-hydrogen) atoms. The van der Waals surface area contributed by atoms with Gasteiger partial charge in [-0.05, 0) is 56.5 Å². The third kappa shape index (κ3) is 2.70. The highest BCUT2D eigenvalue weighted by molar-refractivity contribution is 6.07. The van der Waals surface area contributed by atoms with E-state index in [2.05, 4.69) is 10.6 Å². The summed E-state index contributed by atoms with van der Waals surface area (Å²) < 4.78 is 12.9. The highest BCUT2D eigenvalue weighted by atomic mass is 19.1. The van der Waals surface area contributed by atoms with E-state index in [0.717, 1.165) is 31.5 Å². The molecule has 2 aliphatic rings. The third-order valence-corrected chi connectivity index (χ3v) is 4.60. The van der Waals surface area contributed by atoms with Crippen molar-refractivity contribution in [2.24, 2.45) is 0 Å². The molecule has 118 valence electrons. The standard InChI is InChI=1S/C16H20FN3O2/c17-13-5-3-12(4-6-13)2-1-11-20-15(22)19-14(21)16(20)7-9-18-10-8-16/h3-6,18H,1-2,7-11H2,(H,19,21,22). The van der Waals surface area contributed by atoms with Crippen LogP contribution in [-0.4, -0.2) is 42.0 Å². The molecule has 3 rings (SSSR count). The van der Waals surface area contributed by atoms with Crippen molar-refractivity contribution in [1.29, 1.82) is 0 Å². The Morgan fingerprint density at radius 3 is 2.50 bits per heavy atom. The van der Waals surface area contributed by atoms with Gasteiger partial charge in [0, 0.05) is 6.54 Å². The van der Waals surface area contributed by atoms with E-state index in [9.17, 15) is 14.0 Å². The Morgan fingerprint density at radius 1 is 1.14 bits per heavy atom. The summed E-state index contributed by atoms with van der Waals surface area (Å²) >= 11 is 0. The van der Waals surface area contributed by atoms with Crippen molar-refractivity contribution in [1.82, 2.24) is 15.5 Å². The van der Waals surface area contributed by atoms with Crippen LogP contribution in [0.1, 0.15) is 24.8 Å². The molecule has 6 heteroatoms. The highest BCUT2D eigenvalue weighted by Crippen LogP contribution is 2.31. The van der Waals surface area contributed by atoms with Gasteiger partial charge in [-0.2, -0.15) is 0 Å². The number of urea groups is 1. The summed E-state index contributed by atoms with van der Waals surface area (Å²) in [7, 11) is 0. The minimum Gasteiger partial charge on any atom is -0.317 e. The summed E-state index contributed by atoms with van der Waals surface area (Å²) in [5, 5.41) is 5.68. The van der Waals surface area contributed by atoms with Gasteiger partial charge in [0.1, 0.15) is 11.4 Å². The number of benzene rings is 1. The molecule has 1 spiro atoms. The second-order valence-electron chi connectivity index (χ2n) is 5.92. The van der Waals surface area contributed by atoms with Crippen molar-refractivity contribution in [3.63, 3.8) is 0 Å². The highest BCUT2D eigenvalue weighted by Gasteiger charge is 2.52. The maximum Gasteiger partial charge on any atom is 0.325 e. The van der Waals surface area contributed by atoms with Crippen LogP contribution in [-0.2, 0) is 11.2 Å². The lowest BCUT2D eigenvalue weighted by molar-refractivity contribution is -0.127. The number of hydrogen-bond acceptors (Lipinski definition) is 3. The van der Waals surface area contributed by atoms with Gasteiger partial charge in [0.25, 0.3) is 5.91 Å². The molecule has 2 fully saturated rings. The number of carbonyl (C=O) groups is 2. The fourth-order valence-electron chi connectivity index (χ4n) is 3.34. The van der Waals surface area contributed by atoms with Crippen molar-refractivity contribution in [2.45, 2.75) is 31.2 Å². The number of nitrogens with zero attached hydrogens (tertiary/aromatic N) is 1. The molecular formula is C16H20FN3O2. The molecule has 2 saturated heterocycles. The second-order valence-corrected chi connectivity index (χ2v) is 5.92. The smallest absolute Gasteiger partial charge is 0.317 e. The van der Waals surface area contributed by atoms with Crippen molar-refractivity contribution in [3.05, 3.63) is 35.6 Å². The van der Waals surface area contributed by atoms with Crippen LogP contribution < -0.4 is 10.6 Å². The van der Waals surface area contributed by atoms with Crippen molar-refractivity contribution in [3.8, 4) is 0 Å². The predicted molar refractivity (Wildman–Crippen MR) is 79.8 cm³/mol. The van der Waals surface area contributed by atoms with Crippen LogP contribution in [0.3, 0.4) is 0 Å². The van der Waals surface area contributed by atoms with Gasteiger partial charge in [0.2, 0.25) is 0 Å². The molecule has 0 radical (unpaired) electrons. The maximum atomic E-state index is 12.9. The van der Waals surface area contributed by atoms with E-state index in [1.54, 1.807) is 17.0 Å². The number of carbonyl (C=O) groups excluding carboxylic acids is 2. The van der Waals surface area contributed by atoms with Crippen LogP contribution in [0.2, 0.25) is 0 Å². The van der Waals surface area contributed by atoms with Crippen LogP contribution in [0.25, 0.3) is 0 Å². The molecule has 0 saturated carbocycles. The first-order valence-corrected chi connectivity index (χ1v) is 7.70. The summed E-state index contributed by atoms with van der Waals surface area (Å²) in [6, 6.07) is 6.10. The maximum absolute atomic E-state index is 12.9. The van der Waals surface area contributed by atoms with Crippen LogP contribution in [0.5, 0.6) is 0 Å². The zero-order chi connectivity index (χ0) is 15.6. The van der Waals surface area contributed by atoms with Gasteiger partial charge in [-0.15, -0.1) is 0 Å². The molecular weight excluding hydrogens is 285 g/mol. The monoisotopic (exact) mass is 305 g/mol. The quantitative estimate of drug-likeness (QED) is 0.827. The number of halogens is 1. The number of nitrogens with one attached hydrogen (secondary N) is 2. The first kappa shape index (κ1) is 15.0. The third-order valence-electron chi connectivity index (χ3n) is 4.60. The van der Waals surface area contributed by atoms with Crippen LogP contribution >= 0.6 is 0 Å². The molecule has 0 aliphatic carbocycles. The van der Waals surface area contributed by atoms with E-state index in [0.29, 0.717) is 19.4 Å². The van der Waals surface area contributed by atoms with E-state index < -0.39 is 5.54 Å². The fourth-order valence-corrected chi connectivity index (χ4v) is 3.34. The topological polar surface area (TPSA) is 61.4 Å². The molecule has 2 N–H and O–H groups in total. The summed E-state index contributed by atoms with van der Waals surface area (Å²) in [6.45, 7) is 2.03. The summed E-state index contributed by atoms with van der Waals surface area (Å²) in [5.41, 5.74) is 0.359. The Hall–Kier alpha value is -1.95. The molecule has 2 heterocycles.